The SMILES string of the molecule is O=C(N/N=C\c1ccc(Br)cc1)c1ccc(NC(=O)c2ccc(Cl)cc2)cc1. The number of rotatable bonds is 5. The Kier molecular flexibility index (Phi) is 6.57. The summed E-state index contributed by atoms with van der Waals surface area (Å²) < 4.78 is 0.969. The Morgan fingerprint density at radius 2 is 1.39 bits per heavy atom. The van der Waals surface area contributed by atoms with Crippen molar-refractivity contribution in [1.82, 2.24) is 5.43 Å². The maximum absolute atomic E-state index is 12.2. The number of amides is 2. The second kappa shape index (κ2) is 9.30. The zero-order chi connectivity index (χ0) is 19.9. The van der Waals surface area contributed by atoms with E-state index in [0.29, 0.717) is 21.8 Å². The van der Waals surface area contributed by atoms with E-state index in [1.165, 1.54) is 0 Å². The van der Waals surface area contributed by atoms with Gasteiger partial charge in [-0.2, -0.15) is 5.10 Å². The maximum Gasteiger partial charge on any atom is 0.271 e. The van der Waals surface area contributed by atoms with Crippen LogP contribution in [0.2, 0.25) is 5.02 Å². The summed E-state index contributed by atoms with van der Waals surface area (Å²) >= 11 is 9.18. The fourth-order valence-corrected chi connectivity index (χ4v) is 2.68. The van der Waals surface area contributed by atoms with E-state index in [1.807, 2.05) is 24.3 Å². The molecule has 0 bridgehead atoms. The molecule has 0 heterocycles. The van der Waals surface area contributed by atoms with Gasteiger partial charge in [0.1, 0.15) is 0 Å². The molecule has 5 nitrogen and oxygen atoms in total. The van der Waals surface area contributed by atoms with E-state index in [1.54, 1.807) is 54.7 Å². The van der Waals surface area contributed by atoms with Gasteiger partial charge >= 0.3 is 0 Å². The number of nitrogens with one attached hydrogen (secondary N) is 2. The minimum Gasteiger partial charge on any atom is -0.322 e. The quantitative estimate of drug-likeness (QED) is 0.413. The minimum absolute atomic E-state index is 0.257. The fraction of sp³-hybridized carbons (Fsp3) is 0. The van der Waals surface area contributed by atoms with E-state index in [-0.39, 0.29) is 11.8 Å². The smallest absolute Gasteiger partial charge is 0.271 e. The first-order valence-electron chi connectivity index (χ1n) is 8.27. The van der Waals surface area contributed by atoms with E-state index in [9.17, 15) is 9.59 Å². The predicted octanol–water partition coefficient (Wildman–Crippen LogP) is 5.12. The third-order valence-electron chi connectivity index (χ3n) is 3.76. The molecule has 140 valence electrons. The van der Waals surface area contributed by atoms with Crippen molar-refractivity contribution in [1.29, 1.82) is 0 Å². The van der Waals surface area contributed by atoms with Gasteiger partial charge < -0.3 is 5.32 Å². The molecule has 0 fully saturated rings. The van der Waals surface area contributed by atoms with Crippen molar-refractivity contribution in [2.45, 2.75) is 0 Å². The van der Waals surface area contributed by atoms with Crippen LogP contribution in [0.5, 0.6) is 0 Å². The highest BCUT2D eigenvalue weighted by Gasteiger charge is 2.08. The van der Waals surface area contributed by atoms with Crippen LogP contribution in [-0.4, -0.2) is 18.0 Å². The van der Waals surface area contributed by atoms with Crippen LogP contribution in [0.15, 0.2) is 82.4 Å². The molecule has 0 saturated heterocycles. The van der Waals surface area contributed by atoms with Gasteiger partial charge in [-0.15, -0.1) is 0 Å². The first-order chi connectivity index (χ1) is 13.5. The van der Waals surface area contributed by atoms with Gasteiger partial charge in [0.2, 0.25) is 0 Å². The molecule has 0 spiro atoms. The molecule has 0 unspecified atom stereocenters. The Hall–Kier alpha value is -2.96. The van der Waals surface area contributed by atoms with Gasteiger partial charge in [0.15, 0.2) is 0 Å². The summed E-state index contributed by atoms with van der Waals surface area (Å²) in [7, 11) is 0. The third-order valence-corrected chi connectivity index (χ3v) is 4.54. The zero-order valence-corrected chi connectivity index (χ0v) is 16.9. The van der Waals surface area contributed by atoms with Crippen LogP contribution in [0.4, 0.5) is 5.69 Å². The third kappa shape index (κ3) is 5.52. The van der Waals surface area contributed by atoms with Crippen molar-refractivity contribution < 1.29 is 9.59 Å². The Morgan fingerprint density at radius 3 is 2.04 bits per heavy atom. The number of hydrogen-bond acceptors (Lipinski definition) is 3. The van der Waals surface area contributed by atoms with E-state index in [2.05, 4.69) is 31.8 Å². The van der Waals surface area contributed by atoms with Gasteiger partial charge in [-0.3, -0.25) is 9.59 Å². The summed E-state index contributed by atoms with van der Waals surface area (Å²) in [4.78, 5) is 24.3. The van der Waals surface area contributed by atoms with Gasteiger partial charge in [-0.25, -0.2) is 5.43 Å². The maximum atomic E-state index is 12.2. The van der Waals surface area contributed by atoms with E-state index in [4.69, 9.17) is 11.6 Å². The molecule has 2 N–H and O–H groups in total. The van der Waals surface area contributed by atoms with Gasteiger partial charge in [-0.1, -0.05) is 39.7 Å². The molecule has 0 radical (unpaired) electrons. The lowest BCUT2D eigenvalue weighted by molar-refractivity contribution is 0.0954. The summed E-state index contributed by atoms with van der Waals surface area (Å²) in [5.41, 5.74) is 4.84. The van der Waals surface area contributed by atoms with Crippen molar-refractivity contribution in [2.24, 2.45) is 5.10 Å². The Bertz CT molecular complexity index is 1000. The summed E-state index contributed by atoms with van der Waals surface area (Å²) in [5, 5.41) is 7.28. The van der Waals surface area contributed by atoms with Crippen LogP contribution in [0, 0.1) is 0 Å². The topological polar surface area (TPSA) is 70.6 Å². The molecule has 3 aromatic carbocycles. The van der Waals surface area contributed by atoms with E-state index in [0.717, 1.165) is 10.0 Å². The van der Waals surface area contributed by atoms with E-state index < -0.39 is 0 Å². The second-order valence-electron chi connectivity index (χ2n) is 5.79. The lowest BCUT2D eigenvalue weighted by atomic mass is 10.1. The predicted molar refractivity (Wildman–Crippen MR) is 115 cm³/mol. The molecule has 0 saturated carbocycles. The summed E-state index contributed by atoms with van der Waals surface area (Å²) in [6, 6.07) is 20.6. The number of carbonyl (C=O) groups excluding carboxylic acids is 2. The zero-order valence-electron chi connectivity index (χ0n) is 14.5. The number of benzene rings is 3. The molecule has 0 aromatic heterocycles. The number of hydrogen-bond donors (Lipinski definition) is 2. The van der Waals surface area contributed by atoms with Crippen LogP contribution >= 0.6 is 27.5 Å². The van der Waals surface area contributed by atoms with Crippen LogP contribution in [0.25, 0.3) is 0 Å². The molecule has 0 aliphatic rings. The molecular weight excluding hydrogens is 442 g/mol. The summed E-state index contributed by atoms with van der Waals surface area (Å²) in [6.45, 7) is 0. The molecular formula is C21H15BrClN3O2. The van der Waals surface area contributed by atoms with E-state index >= 15 is 0 Å². The van der Waals surface area contributed by atoms with Gasteiger partial charge in [0.05, 0.1) is 6.21 Å². The average molecular weight is 457 g/mol. The first kappa shape index (κ1) is 19.8. The summed E-state index contributed by atoms with van der Waals surface area (Å²) in [6.07, 6.45) is 1.56. The summed E-state index contributed by atoms with van der Waals surface area (Å²) in [5.74, 6) is -0.600. The molecule has 0 aliphatic carbocycles. The fourth-order valence-electron chi connectivity index (χ4n) is 2.29. The highest BCUT2D eigenvalue weighted by Crippen LogP contribution is 2.14. The molecule has 0 atom stereocenters. The number of anilines is 1. The minimum atomic E-state index is -0.344. The highest BCUT2D eigenvalue weighted by molar-refractivity contribution is 9.10. The van der Waals surface area contributed by atoms with Crippen LogP contribution in [-0.2, 0) is 0 Å². The molecule has 3 aromatic rings. The molecule has 0 aliphatic heterocycles. The van der Waals surface area contributed by atoms with Crippen molar-refractivity contribution >= 4 is 51.2 Å². The van der Waals surface area contributed by atoms with Crippen LogP contribution < -0.4 is 10.7 Å². The number of carbonyl (C=O) groups is 2. The standard InChI is InChI=1S/C21H15BrClN3O2/c22-17-7-1-14(2-8-17)13-24-26-21(28)16-5-11-19(12-6-16)25-20(27)15-3-9-18(23)10-4-15/h1-13H,(H,25,27)(H,26,28)/b24-13-. The first-order valence-corrected chi connectivity index (χ1v) is 9.44. The Balaban J connectivity index is 1.57. The monoisotopic (exact) mass is 455 g/mol. The molecule has 2 amide bonds. The van der Waals surface area contributed by atoms with Crippen LogP contribution in [0.3, 0.4) is 0 Å². The van der Waals surface area contributed by atoms with Gasteiger partial charge in [0.25, 0.3) is 11.8 Å². The van der Waals surface area contributed by atoms with Crippen LogP contribution in [0.1, 0.15) is 26.3 Å². The van der Waals surface area contributed by atoms with Crippen molar-refractivity contribution in [2.75, 3.05) is 5.32 Å². The largest absolute Gasteiger partial charge is 0.322 e. The van der Waals surface area contributed by atoms with Crippen molar-refractivity contribution in [3.8, 4) is 0 Å². The van der Waals surface area contributed by atoms with Crippen molar-refractivity contribution in [3.05, 3.63) is 99.0 Å². The second-order valence-corrected chi connectivity index (χ2v) is 7.14. The normalized spacial score (nSPS) is 10.6. The van der Waals surface area contributed by atoms with Crippen molar-refractivity contribution in [3.63, 3.8) is 0 Å². The Morgan fingerprint density at radius 1 is 0.821 bits per heavy atom. The molecule has 3 rings (SSSR count). The average Bonchev–Trinajstić information content (AvgIpc) is 2.70. The number of hydrazone groups is 1. The van der Waals surface area contributed by atoms with Gasteiger partial charge in [-0.05, 0) is 66.2 Å². The van der Waals surface area contributed by atoms with Gasteiger partial charge in [0, 0.05) is 26.3 Å². The number of nitrogens with zero attached hydrogens (tertiary/aromatic N) is 1. The lowest BCUT2D eigenvalue weighted by Gasteiger charge is -2.06. The molecule has 7 heteroatoms. The number of halogens is 2. The highest BCUT2D eigenvalue weighted by atomic mass is 79.9. The molecule has 28 heavy (non-hydrogen) atoms. The Labute approximate surface area is 175 Å². The lowest BCUT2D eigenvalue weighted by Crippen LogP contribution is -2.17.